The van der Waals surface area contributed by atoms with Gasteiger partial charge in [0.1, 0.15) is 11.5 Å². The Kier molecular flexibility index (Phi) is 4.80. The summed E-state index contributed by atoms with van der Waals surface area (Å²) in [4.78, 5) is 27.0. The molecule has 0 fully saturated rings. The van der Waals surface area contributed by atoms with Gasteiger partial charge in [0, 0.05) is 18.6 Å². The summed E-state index contributed by atoms with van der Waals surface area (Å²) in [7, 11) is 0. The molecular weight excluding hydrogens is 371 g/mol. The number of aliphatic imine (C=N–C) groups is 1. The summed E-state index contributed by atoms with van der Waals surface area (Å²) in [6.07, 6.45) is 1.56. The Morgan fingerprint density at radius 1 is 1.29 bits per heavy atom. The number of nitrogens with one attached hydrogen (secondary N) is 1. The van der Waals surface area contributed by atoms with Gasteiger partial charge in [-0.15, -0.1) is 0 Å². The van der Waals surface area contributed by atoms with Crippen molar-refractivity contribution in [2.75, 3.05) is 0 Å². The van der Waals surface area contributed by atoms with Crippen LogP contribution in [0.3, 0.4) is 0 Å². The van der Waals surface area contributed by atoms with Gasteiger partial charge in [-0.25, -0.2) is 0 Å². The molecule has 1 aromatic carbocycles. The van der Waals surface area contributed by atoms with Gasteiger partial charge in [0.25, 0.3) is 5.91 Å². The van der Waals surface area contributed by atoms with Crippen LogP contribution in [0.4, 0.5) is 0 Å². The van der Waals surface area contributed by atoms with Gasteiger partial charge in [0.15, 0.2) is 5.17 Å². The number of benzene rings is 1. The Hall–Kier alpha value is -2.02. The van der Waals surface area contributed by atoms with Crippen molar-refractivity contribution in [1.29, 1.82) is 0 Å². The molecule has 0 bridgehead atoms. The van der Waals surface area contributed by atoms with Crippen molar-refractivity contribution in [3.05, 3.63) is 51.0 Å². The number of hydrogen-bond donors (Lipinski definition) is 1. The number of halogens is 2. The van der Waals surface area contributed by atoms with Crippen molar-refractivity contribution in [2.45, 2.75) is 6.92 Å². The summed E-state index contributed by atoms with van der Waals surface area (Å²) in [5.41, 5.74) is 0.661. The molecule has 1 aliphatic heterocycles. The lowest BCUT2D eigenvalue weighted by atomic mass is 10.2. The summed E-state index contributed by atoms with van der Waals surface area (Å²) in [5.74, 6) is 0.289. The van der Waals surface area contributed by atoms with Crippen LogP contribution in [0.5, 0.6) is 0 Å². The van der Waals surface area contributed by atoms with Gasteiger partial charge in [-0.3, -0.25) is 9.59 Å². The van der Waals surface area contributed by atoms with E-state index in [1.54, 1.807) is 36.4 Å². The Bertz CT molecular complexity index is 902. The van der Waals surface area contributed by atoms with Crippen LogP contribution < -0.4 is 5.32 Å². The molecular formula is C16H10Cl2N2O3S. The minimum absolute atomic E-state index is 0.253. The summed E-state index contributed by atoms with van der Waals surface area (Å²) < 4.78 is 5.71. The van der Waals surface area contributed by atoms with E-state index in [9.17, 15) is 9.59 Å². The number of rotatable bonds is 2. The molecule has 2 amide bonds. The molecule has 1 aromatic heterocycles. The molecule has 122 valence electrons. The van der Waals surface area contributed by atoms with E-state index in [1.807, 2.05) is 0 Å². The van der Waals surface area contributed by atoms with E-state index in [0.717, 1.165) is 11.8 Å². The third-order valence-corrected chi connectivity index (χ3v) is 4.74. The van der Waals surface area contributed by atoms with Gasteiger partial charge in [-0.2, -0.15) is 4.99 Å². The first-order chi connectivity index (χ1) is 11.4. The van der Waals surface area contributed by atoms with Crippen LogP contribution in [0.2, 0.25) is 10.0 Å². The lowest BCUT2D eigenvalue weighted by molar-refractivity contribution is -0.117. The van der Waals surface area contributed by atoms with E-state index >= 15 is 0 Å². The molecule has 0 saturated carbocycles. The van der Waals surface area contributed by atoms with Gasteiger partial charge in [0.05, 0.1) is 15.0 Å². The Balaban J connectivity index is 1.83. The van der Waals surface area contributed by atoms with E-state index in [0.29, 0.717) is 32.0 Å². The van der Waals surface area contributed by atoms with E-state index < -0.39 is 5.91 Å². The normalized spacial score (nSPS) is 15.7. The highest BCUT2D eigenvalue weighted by molar-refractivity contribution is 8.18. The number of furan rings is 1. The first-order valence-electron chi connectivity index (χ1n) is 6.78. The van der Waals surface area contributed by atoms with Crippen LogP contribution in [0.25, 0.3) is 17.4 Å². The predicted molar refractivity (Wildman–Crippen MR) is 96.0 cm³/mol. The number of carbonyl (C=O) groups excluding carboxylic acids is 2. The molecule has 0 aliphatic carbocycles. The molecule has 2 heterocycles. The largest absolute Gasteiger partial charge is 0.457 e. The summed E-state index contributed by atoms with van der Waals surface area (Å²) in [6, 6.07) is 8.70. The lowest BCUT2D eigenvalue weighted by Gasteiger charge is -2.02. The molecule has 1 N–H and O–H groups in total. The molecule has 1 aliphatic rings. The van der Waals surface area contributed by atoms with Crippen molar-refractivity contribution < 1.29 is 14.0 Å². The van der Waals surface area contributed by atoms with Gasteiger partial charge in [-0.1, -0.05) is 29.3 Å². The topological polar surface area (TPSA) is 71.7 Å². The average molecular weight is 381 g/mol. The zero-order valence-corrected chi connectivity index (χ0v) is 14.6. The maximum absolute atomic E-state index is 11.8. The monoisotopic (exact) mass is 380 g/mol. The number of amidine groups is 1. The molecule has 0 saturated heterocycles. The number of amides is 2. The average Bonchev–Trinajstić information content (AvgIpc) is 3.09. The minimum atomic E-state index is -0.428. The highest BCUT2D eigenvalue weighted by Crippen LogP contribution is 2.35. The molecule has 2 aromatic rings. The smallest absolute Gasteiger partial charge is 0.286 e. The van der Waals surface area contributed by atoms with E-state index in [-0.39, 0.29) is 11.1 Å². The van der Waals surface area contributed by atoms with Gasteiger partial charge < -0.3 is 9.73 Å². The fourth-order valence-electron chi connectivity index (χ4n) is 2.01. The number of thioether (sulfide) groups is 1. The summed E-state index contributed by atoms with van der Waals surface area (Å²) in [5, 5.41) is 3.56. The third kappa shape index (κ3) is 3.56. The minimum Gasteiger partial charge on any atom is -0.457 e. The Morgan fingerprint density at radius 2 is 2.08 bits per heavy atom. The zero-order chi connectivity index (χ0) is 17.3. The second kappa shape index (κ2) is 6.84. The second-order valence-electron chi connectivity index (χ2n) is 4.82. The maximum Gasteiger partial charge on any atom is 0.286 e. The van der Waals surface area contributed by atoms with E-state index in [2.05, 4.69) is 10.3 Å². The van der Waals surface area contributed by atoms with Crippen LogP contribution in [0.1, 0.15) is 12.7 Å². The van der Waals surface area contributed by atoms with Crippen molar-refractivity contribution in [3.63, 3.8) is 0 Å². The summed E-state index contributed by atoms with van der Waals surface area (Å²) in [6.45, 7) is 1.35. The van der Waals surface area contributed by atoms with Crippen LogP contribution in [0.15, 0.2) is 44.6 Å². The molecule has 0 radical (unpaired) electrons. The number of carbonyl (C=O) groups is 2. The van der Waals surface area contributed by atoms with Crippen molar-refractivity contribution in [1.82, 2.24) is 5.32 Å². The first-order valence-corrected chi connectivity index (χ1v) is 8.35. The third-order valence-electron chi connectivity index (χ3n) is 3.02. The molecule has 0 unspecified atom stereocenters. The van der Waals surface area contributed by atoms with Gasteiger partial charge >= 0.3 is 0 Å². The second-order valence-corrected chi connectivity index (χ2v) is 6.63. The maximum atomic E-state index is 11.8. The number of hydrogen-bond acceptors (Lipinski definition) is 4. The molecule has 0 spiro atoms. The fraction of sp³-hybridized carbons (Fsp3) is 0.0625. The van der Waals surface area contributed by atoms with Crippen LogP contribution in [0, 0.1) is 0 Å². The van der Waals surface area contributed by atoms with Gasteiger partial charge in [0.2, 0.25) is 5.91 Å². The van der Waals surface area contributed by atoms with Gasteiger partial charge in [-0.05, 0) is 36.0 Å². The Labute approximate surface area is 151 Å². The van der Waals surface area contributed by atoms with E-state index in [4.69, 9.17) is 27.6 Å². The SMILES string of the molecule is CC(=O)NC1=NC(=O)/C(=C\c2ccc(-c3cccc(Cl)c3Cl)o2)S1. The zero-order valence-electron chi connectivity index (χ0n) is 12.3. The lowest BCUT2D eigenvalue weighted by Crippen LogP contribution is -2.23. The van der Waals surface area contributed by atoms with E-state index in [1.165, 1.54) is 6.92 Å². The van der Waals surface area contributed by atoms with Crippen LogP contribution in [-0.4, -0.2) is 17.0 Å². The molecule has 3 rings (SSSR count). The first kappa shape index (κ1) is 16.8. The molecule has 0 atom stereocenters. The quantitative estimate of drug-likeness (QED) is 0.785. The highest BCUT2D eigenvalue weighted by atomic mass is 35.5. The highest BCUT2D eigenvalue weighted by Gasteiger charge is 2.23. The van der Waals surface area contributed by atoms with Crippen LogP contribution >= 0.6 is 35.0 Å². The standard InChI is InChI=1S/C16H10Cl2N2O3S/c1-8(21)19-16-20-15(22)13(24-16)7-9-5-6-12(23-9)10-3-2-4-11(17)14(10)18/h2-7H,1H3,(H,19,20,21,22)/b13-7+. The Morgan fingerprint density at radius 3 is 2.83 bits per heavy atom. The van der Waals surface area contributed by atoms with Crippen molar-refractivity contribution >= 4 is 58.0 Å². The predicted octanol–water partition coefficient (Wildman–Crippen LogP) is 4.36. The molecule has 5 nitrogen and oxygen atoms in total. The van der Waals surface area contributed by atoms with Crippen LogP contribution in [-0.2, 0) is 9.59 Å². The van der Waals surface area contributed by atoms with Crippen molar-refractivity contribution in [3.8, 4) is 11.3 Å². The molecule has 24 heavy (non-hydrogen) atoms. The fourth-order valence-corrected chi connectivity index (χ4v) is 3.24. The number of nitrogens with zero attached hydrogens (tertiary/aromatic N) is 1. The summed E-state index contributed by atoms with van der Waals surface area (Å²) >= 11 is 13.3. The van der Waals surface area contributed by atoms with Crippen molar-refractivity contribution in [2.24, 2.45) is 4.99 Å². The molecule has 8 heteroatoms.